The minimum Gasteiger partial charge on any atom is -0.493 e. The molecule has 0 aromatic heterocycles. The quantitative estimate of drug-likeness (QED) is 0.583. The van der Waals surface area contributed by atoms with E-state index in [1.165, 1.54) is 0 Å². The molecule has 0 spiro atoms. The summed E-state index contributed by atoms with van der Waals surface area (Å²) in [5.74, 6) is 2.63. The predicted molar refractivity (Wildman–Crippen MR) is 111 cm³/mol. The van der Waals surface area contributed by atoms with Gasteiger partial charge in [0.25, 0.3) is 0 Å². The van der Waals surface area contributed by atoms with Gasteiger partial charge in [-0.25, -0.2) is 4.79 Å². The lowest BCUT2D eigenvalue weighted by atomic mass is 9.96. The molecule has 1 aliphatic heterocycles. The summed E-state index contributed by atoms with van der Waals surface area (Å²) in [4.78, 5) is 12.4. The van der Waals surface area contributed by atoms with Gasteiger partial charge in [-0.1, -0.05) is 6.07 Å². The summed E-state index contributed by atoms with van der Waals surface area (Å²) >= 11 is 0. The van der Waals surface area contributed by atoms with Gasteiger partial charge in [0.2, 0.25) is 5.75 Å². The Bertz CT molecular complexity index is 937. The summed E-state index contributed by atoms with van der Waals surface area (Å²) in [6, 6.07) is 9.37. The highest BCUT2D eigenvalue weighted by molar-refractivity contribution is 5.92. The molecule has 30 heavy (non-hydrogen) atoms. The van der Waals surface area contributed by atoms with Crippen LogP contribution in [0.15, 0.2) is 41.5 Å². The van der Waals surface area contributed by atoms with Gasteiger partial charge in [-0.2, -0.15) is 0 Å². The van der Waals surface area contributed by atoms with Crippen LogP contribution in [0.3, 0.4) is 0 Å². The molecule has 1 aliphatic rings. The van der Waals surface area contributed by atoms with Crippen LogP contribution in [0, 0.1) is 0 Å². The van der Waals surface area contributed by atoms with E-state index in [0.29, 0.717) is 47.2 Å². The molecule has 2 aromatic rings. The van der Waals surface area contributed by atoms with Crippen LogP contribution in [0.5, 0.6) is 28.7 Å². The first-order valence-corrected chi connectivity index (χ1v) is 9.42. The number of benzene rings is 2. The summed E-state index contributed by atoms with van der Waals surface area (Å²) in [5, 5.41) is 0. The van der Waals surface area contributed by atoms with Crippen LogP contribution in [0.4, 0.5) is 0 Å². The Morgan fingerprint density at radius 1 is 0.733 bits per heavy atom. The van der Waals surface area contributed by atoms with E-state index < -0.39 is 0 Å². The van der Waals surface area contributed by atoms with Gasteiger partial charge in [0.05, 0.1) is 35.5 Å². The van der Waals surface area contributed by atoms with Gasteiger partial charge in [-0.05, 0) is 47.4 Å². The number of hydrogen-bond donors (Lipinski definition) is 0. The van der Waals surface area contributed by atoms with Gasteiger partial charge in [0, 0.05) is 12.0 Å². The number of rotatable bonds is 9. The average molecular weight is 414 g/mol. The second-order valence-electron chi connectivity index (χ2n) is 6.73. The van der Waals surface area contributed by atoms with Gasteiger partial charge in [-0.3, -0.25) is 0 Å². The molecule has 0 amide bonds. The fraction of sp³-hybridized carbons (Fsp3) is 0.348. The zero-order chi connectivity index (χ0) is 21.7. The van der Waals surface area contributed by atoms with Crippen LogP contribution < -0.4 is 23.7 Å². The van der Waals surface area contributed by atoms with E-state index >= 15 is 0 Å². The van der Waals surface area contributed by atoms with Crippen LogP contribution in [0.2, 0.25) is 0 Å². The second-order valence-corrected chi connectivity index (χ2v) is 6.73. The summed E-state index contributed by atoms with van der Waals surface area (Å²) in [6.45, 7) is 0.262. The first kappa shape index (κ1) is 21.4. The maximum atomic E-state index is 12.4. The molecule has 7 nitrogen and oxygen atoms in total. The first-order valence-electron chi connectivity index (χ1n) is 9.42. The van der Waals surface area contributed by atoms with E-state index in [1.807, 2.05) is 30.3 Å². The molecule has 0 saturated carbocycles. The molecule has 1 heterocycles. The Hall–Kier alpha value is -3.35. The van der Waals surface area contributed by atoms with Crippen molar-refractivity contribution in [3.63, 3.8) is 0 Å². The third kappa shape index (κ3) is 4.30. The molecular formula is C23H26O7. The maximum absolute atomic E-state index is 12.4. The van der Waals surface area contributed by atoms with Crippen molar-refractivity contribution >= 4 is 5.97 Å². The standard InChI is InChI=1S/C23H26O7/c1-25-18-7-6-14(10-19(18)26-2)9-17-16(13-30-23(17)24)8-15-11-20(27-3)22(29-5)21(12-15)28-4/h6-7,10-12H,8-9,13H2,1-5H3. The number of ether oxygens (including phenoxy) is 6. The van der Waals surface area contributed by atoms with Gasteiger partial charge in [-0.15, -0.1) is 0 Å². The Labute approximate surface area is 176 Å². The van der Waals surface area contributed by atoms with Crippen LogP contribution in [0.25, 0.3) is 0 Å². The molecule has 0 saturated heterocycles. The van der Waals surface area contributed by atoms with E-state index in [9.17, 15) is 4.79 Å². The largest absolute Gasteiger partial charge is 0.493 e. The molecule has 160 valence electrons. The molecule has 0 unspecified atom stereocenters. The zero-order valence-electron chi connectivity index (χ0n) is 17.9. The van der Waals surface area contributed by atoms with E-state index in [0.717, 1.165) is 16.7 Å². The molecule has 2 aromatic carbocycles. The summed E-state index contributed by atoms with van der Waals surface area (Å²) in [5.41, 5.74) is 3.44. The third-order valence-corrected chi connectivity index (χ3v) is 5.02. The Morgan fingerprint density at radius 3 is 1.90 bits per heavy atom. The number of carbonyl (C=O) groups excluding carboxylic acids is 1. The number of carbonyl (C=O) groups is 1. The third-order valence-electron chi connectivity index (χ3n) is 5.02. The van der Waals surface area contributed by atoms with E-state index in [-0.39, 0.29) is 12.6 Å². The number of methoxy groups -OCH3 is 5. The summed E-state index contributed by atoms with van der Waals surface area (Å²) in [7, 11) is 7.88. The van der Waals surface area contributed by atoms with E-state index in [4.69, 9.17) is 28.4 Å². The minimum absolute atomic E-state index is 0.262. The number of hydrogen-bond acceptors (Lipinski definition) is 7. The second kappa shape index (κ2) is 9.43. The summed E-state index contributed by atoms with van der Waals surface area (Å²) in [6.07, 6.45) is 0.976. The minimum atomic E-state index is -0.299. The van der Waals surface area contributed by atoms with Gasteiger partial charge in [0.15, 0.2) is 23.0 Å². The highest BCUT2D eigenvalue weighted by Gasteiger charge is 2.26. The highest BCUT2D eigenvalue weighted by atomic mass is 16.5. The smallest absolute Gasteiger partial charge is 0.334 e. The van der Waals surface area contributed by atoms with Crippen molar-refractivity contribution < 1.29 is 33.2 Å². The van der Waals surface area contributed by atoms with E-state index in [2.05, 4.69) is 0 Å². The lowest BCUT2D eigenvalue weighted by molar-refractivity contribution is -0.136. The monoisotopic (exact) mass is 414 g/mol. The fourth-order valence-electron chi connectivity index (χ4n) is 3.50. The van der Waals surface area contributed by atoms with Gasteiger partial charge < -0.3 is 28.4 Å². The lowest BCUT2D eigenvalue weighted by Gasteiger charge is -2.14. The Balaban J connectivity index is 1.92. The molecule has 0 N–H and O–H groups in total. The number of esters is 1. The first-order chi connectivity index (χ1) is 14.5. The lowest BCUT2D eigenvalue weighted by Crippen LogP contribution is -2.04. The molecule has 0 fully saturated rings. The molecule has 0 aliphatic carbocycles. The molecule has 0 atom stereocenters. The molecule has 0 bridgehead atoms. The molecular weight excluding hydrogens is 388 g/mol. The van der Waals surface area contributed by atoms with Crippen molar-refractivity contribution in [1.82, 2.24) is 0 Å². The van der Waals surface area contributed by atoms with Crippen molar-refractivity contribution in [2.24, 2.45) is 0 Å². The van der Waals surface area contributed by atoms with Crippen molar-refractivity contribution in [2.75, 3.05) is 42.2 Å². The van der Waals surface area contributed by atoms with Crippen LogP contribution in [0.1, 0.15) is 11.1 Å². The fourth-order valence-corrected chi connectivity index (χ4v) is 3.50. The zero-order valence-corrected chi connectivity index (χ0v) is 17.9. The van der Waals surface area contributed by atoms with Gasteiger partial charge >= 0.3 is 5.97 Å². The highest BCUT2D eigenvalue weighted by Crippen LogP contribution is 2.39. The Morgan fingerprint density at radius 2 is 1.33 bits per heavy atom. The van der Waals surface area contributed by atoms with Crippen LogP contribution in [-0.4, -0.2) is 48.1 Å². The average Bonchev–Trinajstić information content (AvgIpc) is 3.11. The number of cyclic esters (lactones) is 1. The topological polar surface area (TPSA) is 72.5 Å². The van der Waals surface area contributed by atoms with E-state index in [1.54, 1.807) is 35.5 Å². The van der Waals surface area contributed by atoms with Crippen LogP contribution >= 0.6 is 0 Å². The van der Waals surface area contributed by atoms with Crippen LogP contribution in [-0.2, 0) is 22.4 Å². The maximum Gasteiger partial charge on any atom is 0.334 e. The summed E-state index contributed by atoms with van der Waals surface area (Å²) < 4.78 is 32.2. The molecule has 0 radical (unpaired) electrons. The van der Waals surface area contributed by atoms with Gasteiger partial charge in [0.1, 0.15) is 6.61 Å². The van der Waals surface area contributed by atoms with Crippen molar-refractivity contribution in [2.45, 2.75) is 12.8 Å². The molecule has 3 rings (SSSR count). The molecule has 7 heteroatoms. The van der Waals surface area contributed by atoms with Crippen molar-refractivity contribution in [3.8, 4) is 28.7 Å². The normalized spacial score (nSPS) is 13.2. The predicted octanol–water partition coefficient (Wildman–Crippen LogP) is 3.37. The Kier molecular flexibility index (Phi) is 6.72. The van der Waals surface area contributed by atoms with Crippen molar-refractivity contribution in [3.05, 3.63) is 52.6 Å². The SMILES string of the molecule is COc1ccc(CC2=C(Cc3cc(OC)c(OC)c(OC)c3)COC2=O)cc1OC. The van der Waals surface area contributed by atoms with Crippen molar-refractivity contribution in [1.29, 1.82) is 0 Å².